The third-order valence-electron chi connectivity index (χ3n) is 1.91. The highest BCUT2D eigenvalue weighted by Crippen LogP contribution is 2.15. The summed E-state index contributed by atoms with van der Waals surface area (Å²) in [6.07, 6.45) is 1.30. The molecule has 0 atom stereocenters. The summed E-state index contributed by atoms with van der Waals surface area (Å²) in [4.78, 5) is 0. The van der Waals surface area contributed by atoms with Gasteiger partial charge in [-0.05, 0) is 5.41 Å². The van der Waals surface area contributed by atoms with Crippen molar-refractivity contribution in [2.45, 2.75) is 32.4 Å². The maximum atomic E-state index is 11.8. The molecule has 0 aliphatic carbocycles. The zero-order chi connectivity index (χ0) is 12.4. The van der Waals surface area contributed by atoms with E-state index in [1.54, 1.807) is 0 Å². The predicted octanol–water partition coefficient (Wildman–Crippen LogP) is 0.226. The Morgan fingerprint density at radius 2 is 2.12 bits per heavy atom. The number of hydrogen-bond acceptors (Lipinski definition) is 4. The van der Waals surface area contributed by atoms with Gasteiger partial charge in [0.15, 0.2) is 5.03 Å². The molecule has 0 amide bonds. The quantitative estimate of drug-likeness (QED) is 0.709. The van der Waals surface area contributed by atoms with E-state index < -0.39 is 10.0 Å². The third kappa shape index (κ3) is 3.29. The molecule has 6 nitrogen and oxygen atoms in total. The van der Waals surface area contributed by atoms with Gasteiger partial charge >= 0.3 is 0 Å². The monoisotopic (exact) mass is 247 g/mol. The number of aromatic amines is 1. The topological polar surface area (TPSA) is 95.1 Å². The van der Waals surface area contributed by atoms with Gasteiger partial charge < -0.3 is 5.11 Å². The average Bonchev–Trinajstić information content (AvgIpc) is 2.62. The minimum absolute atomic E-state index is 0.0701. The molecule has 1 aromatic heterocycles. The number of hydrogen-bond donors (Lipinski definition) is 3. The van der Waals surface area contributed by atoms with Crippen molar-refractivity contribution in [2.75, 3.05) is 6.54 Å². The molecule has 0 saturated carbocycles. The maximum Gasteiger partial charge on any atom is 0.257 e. The second-order valence-corrected chi connectivity index (χ2v) is 6.47. The van der Waals surface area contributed by atoms with E-state index in [1.807, 2.05) is 20.8 Å². The van der Waals surface area contributed by atoms with Crippen LogP contribution in [0.1, 0.15) is 26.3 Å². The van der Waals surface area contributed by atoms with Gasteiger partial charge in [0.25, 0.3) is 10.0 Å². The molecule has 7 heteroatoms. The lowest BCUT2D eigenvalue weighted by atomic mass is 9.98. The standard InChI is InChI=1S/C9H17N3O3S/c1-9(2,3)6-11-16(14,15)8-7(5-13)4-10-12-8/h4,11,13H,5-6H2,1-3H3,(H,10,12). The van der Waals surface area contributed by atoms with E-state index in [1.165, 1.54) is 6.20 Å². The van der Waals surface area contributed by atoms with E-state index in [9.17, 15) is 8.42 Å². The van der Waals surface area contributed by atoms with Crippen molar-refractivity contribution in [3.63, 3.8) is 0 Å². The number of rotatable bonds is 4. The number of aliphatic hydroxyl groups excluding tert-OH is 1. The zero-order valence-electron chi connectivity index (χ0n) is 9.61. The first-order valence-corrected chi connectivity index (χ1v) is 6.37. The molecule has 92 valence electrons. The van der Waals surface area contributed by atoms with Crippen molar-refractivity contribution in [1.82, 2.24) is 14.9 Å². The molecule has 0 radical (unpaired) electrons. The molecule has 0 bridgehead atoms. The number of aromatic nitrogens is 2. The number of nitrogens with zero attached hydrogens (tertiary/aromatic N) is 1. The Morgan fingerprint density at radius 1 is 1.50 bits per heavy atom. The van der Waals surface area contributed by atoms with Gasteiger partial charge in [0.05, 0.1) is 12.8 Å². The summed E-state index contributed by atoms with van der Waals surface area (Å²) in [7, 11) is -3.62. The first-order chi connectivity index (χ1) is 7.26. The van der Waals surface area contributed by atoms with Crippen molar-refractivity contribution >= 4 is 10.0 Å². The average molecular weight is 247 g/mol. The Balaban J connectivity index is 2.87. The SMILES string of the molecule is CC(C)(C)CNS(=O)(=O)c1[nH]ncc1CO. The molecule has 16 heavy (non-hydrogen) atoms. The number of sulfonamides is 1. The van der Waals surface area contributed by atoms with Crippen LogP contribution in [0.25, 0.3) is 0 Å². The van der Waals surface area contributed by atoms with Gasteiger partial charge in [0.1, 0.15) is 0 Å². The van der Waals surface area contributed by atoms with Crippen LogP contribution in [0.15, 0.2) is 11.2 Å². The van der Waals surface area contributed by atoms with Crippen molar-refractivity contribution < 1.29 is 13.5 Å². The van der Waals surface area contributed by atoms with Crippen LogP contribution in [0.4, 0.5) is 0 Å². The first-order valence-electron chi connectivity index (χ1n) is 4.89. The van der Waals surface area contributed by atoms with E-state index in [-0.39, 0.29) is 22.6 Å². The predicted molar refractivity (Wildman–Crippen MR) is 59.2 cm³/mol. The van der Waals surface area contributed by atoms with E-state index >= 15 is 0 Å². The van der Waals surface area contributed by atoms with Gasteiger partial charge in [0, 0.05) is 12.1 Å². The van der Waals surface area contributed by atoms with Crippen molar-refractivity contribution in [3.8, 4) is 0 Å². The smallest absolute Gasteiger partial charge is 0.257 e. The van der Waals surface area contributed by atoms with Gasteiger partial charge in [-0.1, -0.05) is 20.8 Å². The summed E-state index contributed by atoms with van der Waals surface area (Å²) < 4.78 is 26.1. The van der Waals surface area contributed by atoms with Crippen molar-refractivity contribution in [3.05, 3.63) is 11.8 Å². The molecule has 0 aliphatic heterocycles. The van der Waals surface area contributed by atoms with E-state index in [2.05, 4.69) is 14.9 Å². The Hall–Kier alpha value is -0.920. The highest BCUT2D eigenvalue weighted by atomic mass is 32.2. The minimum atomic E-state index is -3.62. The lowest BCUT2D eigenvalue weighted by molar-refractivity contribution is 0.278. The molecular formula is C9H17N3O3S. The molecule has 0 spiro atoms. The summed E-state index contributed by atoms with van der Waals surface area (Å²) in [5, 5.41) is 14.8. The van der Waals surface area contributed by atoms with Gasteiger partial charge in [-0.3, -0.25) is 5.10 Å². The van der Waals surface area contributed by atoms with Gasteiger partial charge in [-0.2, -0.15) is 5.10 Å². The van der Waals surface area contributed by atoms with E-state index in [4.69, 9.17) is 5.11 Å². The summed E-state index contributed by atoms with van der Waals surface area (Å²) in [5.41, 5.74) is 0.119. The normalized spacial score (nSPS) is 13.0. The summed E-state index contributed by atoms with van der Waals surface area (Å²) in [6, 6.07) is 0. The fraction of sp³-hybridized carbons (Fsp3) is 0.667. The van der Waals surface area contributed by atoms with Gasteiger partial charge in [-0.25, -0.2) is 13.1 Å². The molecule has 1 rings (SSSR count). The fourth-order valence-electron chi connectivity index (χ4n) is 1.03. The van der Waals surface area contributed by atoms with Crippen LogP contribution in [0.5, 0.6) is 0 Å². The zero-order valence-corrected chi connectivity index (χ0v) is 10.4. The van der Waals surface area contributed by atoms with Crippen LogP contribution in [-0.4, -0.2) is 30.3 Å². The van der Waals surface area contributed by atoms with Crippen LogP contribution in [0.2, 0.25) is 0 Å². The van der Waals surface area contributed by atoms with Crippen LogP contribution in [0, 0.1) is 5.41 Å². The molecule has 0 fully saturated rings. The van der Waals surface area contributed by atoms with Crippen LogP contribution in [-0.2, 0) is 16.6 Å². The number of H-pyrrole nitrogens is 1. The third-order valence-corrected chi connectivity index (χ3v) is 3.33. The van der Waals surface area contributed by atoms with Crippen LogP contribution >= 0.6 is 0 Å². The molecule has 0 aromatic carbocycles. The molecule has 0 saturated heterocycles. The van der Waals surface area contributed by atoms with Gasteiger partial charge in [0.2, 0.25) is 0 Å². The minimum Gasteiger partial charge on any atom is -0.392 e. The largest absolute Gasteiger partial charge is 0.392 e. The van der Waals surface area contributed by atoms with Crippen molar-refractivity contribution in [2.24, 2.45) is 5.41 Å². The summed E-state index contributed by atoms with van der Waals surface area (Å²) in [5.74, 6) is 0. The Bertz CT molecular complexity index is 445. The molecular weight excluding hydrogens is 230 g/mol. The van der Waals surface area contributed by atoms with E-state index in [0.717, 1.165) is 0 Å². The lowest BCUT2D eigenvalue weighted by Gasteiger charge is -2.18. The van der Waals surface area contributed by atoms with Crippen molar-refractivity contribution in [1.29, 1.82) is 0 Å². The molecule has 0 unspecified atom stereocenters. The van der Waals surface area contributed by atoms with Crippen LogP contribution in [0.3, 0.4) is 0 Å². The first kappa shape index (κ1) is 13.1. The number of nitrogens with one attached hydrogen (secondary N) is 2. The summed E-state index contributed by atoms with van der Waals surface area (Å²) >= 11 is 0. The van der Waals surface area contributed by atoms with Crippen LogP contribution < -0.4 is 4.72 Å². The Kier molecular flexibility index (Phi) is 3.72. The van der Waals surface area contributed by atoms with E-state index in [0.29, 0.717) is 6.54 Å². The lowest BCUT2D eigenvalue weighted by Crippen LogP contribution is -2.33. The molecule has 3 N–H and O–H groups in total. The fourth-order valence-corrected chi connectivity index (χ4v) is 2.43. The molecule has 0 aliphatic rings. The second kappa shape index (κ2) is 4.52. The molecule has 1 aromatic rings. The highest BCUT2D eigenvalue weighted by molar-refractivity contribution is 7.89. The Labute approximate surface area is 95.1 Å². The maximum absolute atomic E-state index is 11.8. The highest BCUT2D eigenvalue weighted by Gasteiger charge is 2.22. The Morgan fingerprint density at radius 3 is 2.62 bits per heavy atom. The summed E-state index contributed by atoms with van der Waals surface area (Å²) in [6.45, 7) is 5.74. The number of aliphatic hydroxyl groups is 1. The second-order valence-electron chi connectivity index (χ2n) is 4.77. The molecule has 1 heterocycles. The van der Waals surface area contributed by atoms with Gasteiger partial charge in [-0.15, -0.1) is 0 Å².